The Morgan fingerprint density at radius 2 is 2.11 bits per heavy atom. The number of benzene rings is 1. The second kappa shape index (κ2) is 7.41. The van der Waals surface area contributed by atoms with Crippen molar-refractivity contribution in [3.63, 3.8) is 0 Å². The zero-order valence-corrected chi connectivity index (χ0v) is 12.6. The second-order valence-corrected chi connectivity index (χ2v) is 5.43. The van der Waals surface area contributed by atoms with Crippen LogP contribution in [0.25, 0.3) is 0 Å². The number of nitrogens with two attached hydrogens (primary N) is 1. The van der Waals surface area contributed by atoms with Crippen molar-refractivity contribution < 1.29 is 4.74 Å². The third-order valence-electron chi connectivity index (χ3n) is 2.86. The standard InChI is InChI=1S/C14H24N2OS/c1-5-6-17-14-8-12(15)7-13(9-14)16(3)11(2)10-18-4/h7-9,11H,5-6,10,15H2,1-4H3. The lowest BCUT2D eigenvalue weighted by Gasteiger charge is -2.27. The molecule has 0 saturated heterocycles. The summed E-state index contributed by atoms with van der Waals surface area (Å²) in [6.45, 7) is 5.04. The molecular weight excluding hydrogens is 244 g/mol. The van der Waals surface area contributed by atoms with Gasteiger partial charge in [-0.1, -0.05) is 6.92 Å². The summed E-state index contributed by atoms with van der Waals surface area (Å²) in [5, 5.41) is 0. The first kappa shape index (κ1) is 15.0. The Morgan fingerprint density at radius 3 is 2.72 bits per heavy atom. The van der Waals surface area contributed by atoms with Gasteiger partial charge in [0.2, 0.25) is 0 Å². The molecule has 102 valence electrons. The number of hydrogen-bond donors (Lipinski definition) is 1. The first-order valence-corrected chi connectivity index (χ1v) is 7.73. The molecule has 0 aliphatic carbocycles. The molecule has 0 bridgehead atoms. The van der Waals surface area contributed by atoms with Crippen molar-refractivity contribution in [2.24, 2.45) is 0 Å². The van der Waals surface area contributed by atoms with Crippen LogP contribution in [0.15, 0.2) is 18.2 Å². The van der Waals surface area contributed by atoms with Crippen LogP contribution in [0.1, 0.15) is 20.3 Å². The SMILES string of the molecule is CCCOc1cc(N)cc(N(C)C(C)CSC)c1. The summed E-state index contributed by atoms with van der Waals surface area (Å²) in [7, 11) is 2.10. The Kier molecular flexibility index (Phi) is 6.19. The third-order valence-corrected chi connectivity index (χ3v) is 3.68. The van der Waals surface area contributed by atoms with Crippen LogP contribution in [0.5, 0.6) is 5.75 Å². The average molecular weight is 268 g/mol. The average Bonchev–Trinajstić information content (AvgIpc) is 2.35. The van der Waals surface area contributed by atoms with Crippen LogP contribution < -0.4 is 15.4 Å². The maximum absolute atomic E-state index is 5.93. The van der Waals surface area contributed by atoms with E-state index in [1.165, 1.54) is 0 Å². The maximum atomic E-state index is 5.93. The van der Waals surface area contributed by atoms with E-state index >= 15 is 0 Å². The zero-order chi connectivity index (χ0) is 13.5. The number of hydrogen-bond acceptors (Lipinski definition) is 4. The predicted octanol–water partition coefficient (Wildman–Crippen LogP) is 3.25. The van der Waals surface area contributed by atoms with Gasteiger partial charge in [0.1, 0.15) is 5.75 Å². The molecule has 4 heteroatoms. The molecular formula is C14H24N2OS. The van der Waals surface area contributed by atoms with Crippen molar-refractivity contribution >= 4 is 23.1 Å². The van der Waals surface area contributed by atoms with E-state index in [-0.39, 0.29) is 0 Å². The van der Waals surface area contributed by atoms with E-state index in [4.69, 9.17) is 10.5 Å². The number of thioether (sulfide) groups is 1. The van der Waals surface area contributed by atoms with E-state index in [0.29, 0.717) is 6.04 Å². The summed E-state index contributed by atoms with van der Waals surface area (Å²) in [6.07, 6.45) is 3.13. The minimum Gasteiger partial charge on any atom is -0.493 e. The molecule has 1 atom stereocenters. The van der Waals surface area contributed by atoms with Crippen LogP contribution in [-0.4, -0.2) is 31.7 Å². The molecule has 0 spiro atoms. The fourth-order valence-electron chi connectivity index (χ4n) is 1.72. The van der Waals surface area contributed by atoms with Gasteiger partial charge >= 0.3 is 0 Å². The normalized spacial score (nSPS) is 12.2. The van der Waals surface area contributed by atoms with E-state index in [0.717, 1.165) is 35.9 Å². The van der Waals surface area contributed by atoms with E-state index in [1.54, 1.807) is 0 Å². The summed E-state index contributed by atoms with van der Waals surface area (Å²) in [6, 6.07) is 6.41. The Morgan fingerprint density at radius 1 is 1.39 bits per heavy atom. The molecule has 1 rings (SSSR count). The first-order chi connectivity index (χ1) is 8.58. The molecule has 1 aromatic carbocycles. The first-order valence-electron chi connectivity index (χ1n) is 6.33. The van der Waals surface area contributed by atoms with Crippen LogP contribution >= 0.6 is 11.8 Å². The van der Waals surface area contributed by atoms with Crippen LogP contribution in [-0.2, 0) is 0 Å². The number of nitrogens with zero attached hydrogens (tertiary/aromatic N) is 1. The van der Waals surface area contributed by atoms with Crippen molar-refractivity contribution in [1.29, 1.82) is 0 Å². The molecule has 3 nitrogen and oxygen atoms in total. The van der Waals surface area contributed by atoms with Crippen molar-refractivity contribution in [2.75, 3.05) is 36.3 Å². The van der Waals surface area contributed by atoms with Crippen LogP contribution in [0, 0.1) is 0 Å². The Labute approximate surface area is 115 Å². The number of ether oxygens (including phenoxy) is 1. The number of rotatable bonds is 7. The zero-order valence-electron chi connectivity index (χ0n) is 11.8. The van der Waals surface area contributed by atoms with Gasteiger partial charge in [0.15, 0.2) is 0 Å². The highest BCUT2D eigenvalue weighted by Crippen LogP contribution is 2.26. The smallest absolute Gasteiger partial charge is 0.123 e. The van der Waals surface area contributed by atoms with E-state index in [1.807, 2.05) is 23.9 Å². The van der Waals surface area contributed by atoms with Crippen LogP contribution in [0.3, 0.4) is 0 Å². The van der Waals surface area contributed by atoms with Crippen molar-refractivity contribution in [3.8, 4) is 5.75 Å². The molecule has 0 saturated carbocycles. The van der Waals surface area contributed by atoms with E-state index in [2.05, 4.69) is 38.1 Å². The quantitative estimate of drug-likeness (QED) is 0.770. The lowest BCUT2D eigenvalue weighted by molar-refractivity contribution is 0.317. The second-order valence-electron chi connectivity index (χ2n) is 4.52. The topological polar surface area (TPSA) is 38.5 Å². The largest absolute Gasteiger partial charge is 0.493 e. The minimum atomic E-state index is 0.473. The molecule has 0 radical (unpaired) electrons. The minimum absolute atomic E-state index is 0.473. The van der Waals surface area contributed by atoms with E-state index < -0.39 is 0 Å². The van der Waals surface area contributed by atoms with Gasteiger partial charge in [-0.05, 0) is 25.7 Å². The van der Waals surface area contributed by atoms with Crippen molar-refractivity contribution in [2.45, 2.75) is 26.3 Å². The molecule has 0 fully saturated rings. The molecule has 2 N–H and O–H groups in total. The van der Waals surface area contributed by atoms with Gasteiger partial charge in [-0.25, -0.2) is 0 Å². The Bertz CT molecular complexity index is 371. The lowest BCUT2D eigenvalue weighted by Crippen LogP contribution is -2.30. The van der Waals surface area contributed by atoms with Gasteiger partial charge in [-0.3, -0.25) is 0 Å². The van der Waals surface area contributed by atoms with Gasteiger partial charge in [-0.2, -0.15) is 11.8 Å². The van der Waals surface area contributed by atoms with Gasteiger partial charge in [0, 0.05) is 42.3 Å². The summed E-state index contributed by atoms with van der Waals surface area (Å²) >= 11 is 1.85. The van der Waals surface area contributed by atoms with Crippen molar-refractivity contribution in [3.05, 3.63) is 18.2 Å². The summed E-state index contributed by atoms with van der Waals surface area (Å²) < 4.78 is 5.65. The molecule has 0 heterocycles. The molecule has 18 heavy (non-hydrogen) atoms. The fraction of sp³-hybridized carbons (Fsp3) is 0.571. The molecule has 0 aliphatic heterocycles. The third kappa shape index (κ3) is 4.33. The van der Waals surface area contributed by atoms with Gasteiger partial charge < -0.3 is 15.4 Å². The van der Waals surface area contributed by atoms with Crippen LogP contribution in [0.4, 0.5) is 11.4 Å². The van der Waals surface area contributed by atoms with Crippen molar-refractivity contribution in [1.82, 2.24) is 0 Å². The Balaban J connectivity index is 2.84. The highest BCUT2D eigenvalue weighted by atomic mass is 32.2. The predicted molar refractivity (Wildman–Crippen MR) is 82.9 cm³/mol. The summed E-state index contributed by atoms with van der Waals surface area (Å²) in [4.78, 5) is 2.24. The highest BCUT2D eigenvalue weighted by Gasteiger charge is 2.11. The molecule has 0 amide bonds. The molecule has 0 aromatic heterocycles. The summed E-state index contributed by atoms with van der Waals surface area (Å²) in [5.74, 6) is 1.95. The molecule has 1 unspecified atom stereocenters. The van der Waals surface area contributed by atoms with Gasteiger partial charge in [0.05, 0.1) is 6.61 Å². The highest BCUT2D eigenvalue weighted by molar-refractivity contribution is 7.98. The van der Waals surface area contributed by atoms with Gasteiger partial charge in [0.25, 0.3) is 0 Å². The van der Waals surface area contributed by atoms with Crippen LogP contribution in [0.2, 0.25) is 0 Å². The molecule has 0 aliphatic rings. The fourth-order valence-corrected chi connectivity index (χ4v) is 2.43. The van der Waals surface area contributed by atoms with E-state index in [9.17, 15) is 0 Å². The number of anilines is 2. The lowest BCUT2D eigenvalue weighted by atomic mass is 10.2. The molecule has 1 aromatic rings. The van der Waals surface area contributed by atoms with Gasteiger partial charge in [-0.15, -0.1) is 0 Å². The summed E-state index contributed by atoms with van der Waals surface area (Å²) in [5.41, 5.74) is 7.80. The Hall–Kier alpha value is -1.03. The maximum Gasteiger partial charge on any atom is 0.123 e. The monoisotopic (exact) mass is 268 g/mol. The number of nitrogen functional groups attached to an aromatic ring is 1.